The molecule has 1 saturated heterocycles. The van der Waals surface area contributed by atoms with Gasteiger partial charge in [0, 0.05) is 44.1 Å². The van der Waals surface area contributed by atoms with Crippen LogP contribution in [0.25, 0.3) is 11.4 Å². The van der Waals surface area contributed by atoms with Crippen molar-refractivity contribution in [2.45, 2.75) is 20.4 Å². The van der Waals surface area contributed by atoms with Gasteiger partial charge in [-0.25, -0.2) is 0 Å². The van der Waals surface area contributed by atoms with Gasteiger partial charge in [0.2, 0.25) is 5.91 Å². The molecule has 32 heavy (non-hydrogen) atoms. The number of pyridine rings is 1. The van der Waals surface area contributed by atoms with Crippen molar-refractivity contribution in [2.75, 3.05) is 38.2 Å². The van der Waals surface area contributed by atoms with E-state index in [9.17, 15) is 4.79 Å². The lowest BCUT2D eigenvalue weighted by molar-refractivity contribution is -0.132. The van der Waals surface area contributed by atoms with Gasteiger partial charge in [-0.1, -0.05) is 23.2 Å². The Morgan fingerprint density at radius 1 is 1.09 bits per heavy atom. The number of aromatic nitrogens is 3. The van der Waals surface area contributed by atoms with E-state index in [1.807, 2.05) is 49.1 Å². The fourth-order valence-electron chi connectivity index (χ4n) is 3.79. The molecule has 1 fully saturated rings. The Labute approximate surface area is 197 Å². The van der Waals surface area contributed by atoms with Crippen molar-refractivity contribution in [3.63, 3.8) is 0 Å². The maximum atomic E-state index is 13.0. The molecule has 3 heterocycles. The first-order valence-corrected chi connectivity index (χ1v) is 11.1. The largest absolute Gasteiger partial charge is 0.495 e. The van der Waals surface area contributed by atoms with Crippen molar-refractivity contribution < 1.29 is 9.53 Å². The standard InChI is InChI=1S/C23H25Cl2N5O2/c1-15-6-7-26-19(12-15)23-22(25)16(2)30(27-23)14-21(31)29-10-8-28(9-11-29)17-4-5-18(24)20(13-17)32-3/h4-7,12-13H,8-11,14H2,1-3H3. The number of carbonyl (C=O) groups excluding carboxylic acids is 1. The number of amides is 1. The minimum atomic E-state index is 0.0179. The predicted octanol–water partition coefficient (Wildman–Crippen LogP) is 4.23. The Hall–Kier alpha value is -2.77. The summed E-state index contributed by atoms with van der Waals surface area (Å²) < 4.78 is 6.98. The predicted molar refractivity (Wildman–Crippen MR) is 127 cm³/mol. The summed E-state index contributed by atoms with van der Waals surface area (Å²) in [6, 6.07) is 9.58. The monoisotopic (exact) mass is 473 g/mol. The molecule has 0 N–H and O–H groups in total. The molecule has 0 unspecified atom stereocenters. The molecule has 1 aliphatic heterocycles. The van der Waals surface area contributed by atoms with Gasteiger partial charge in [-0.3, -0.25) is 14.5 Å². The Morgan fingerprint density at radius 2 is 1.84 bits per heavy atom. The lowest BCUT2D eigenvalue weighted by Crippen LogP contribution is -2.49. The number of carbonyl (C=O) groups is 1. The average molecular weight is 474 g/mol. The Morgan fingerprint density at radius 3 is 2.53 bits per heavy atom. The van der Waals surface area contributed by atoms with E-state index in [4.69, 9.17) is 27.9 Å². The van der Waals surface area contributed by atoms with E-state index in [1.54, 1.807) is 18.0 Å². The molecule has 0 bridgehead atoms. The Bertz CT molecular complexity index is 1140. The first kappa shape index (κ1) is 22.4. The summed E-state index contributed by atoms with van der Waals surface area (Å²) in [4.78, 5) is 21.4. The van der Waals surface area contributed by atoms with Gasteiger partial charge in [-0.15, -0.1) is 0 Å². The minimum absolute atomic E-state index is 0.0179. The highest BCUT2D eigenvalue weighted by atomic mass is 35.5. The van der Waals surface area contributed by atoms with Gasteiger partial charge in [0.05, 0.1) is 28.5 Å². The van der Waals surface area contributed by atoms with Gasteiger partial charge in [-0.2, -0.15) is 5.10 Å². The van der Waals surface area contributed by atoms with Crippen LogP contribution in [0.2, 0.25) is 10.0 Å². The van der Waals surface area contributed by atoms with E-state index in [0.717, 1.165) is 30.0 Å². The molecule has 2 aromatic heterocycles. The lowest BCUT2D eigenvalue weighted by Gasteiger charge is -2.36. The van der Waals surface area contributed by atoms with E-state index < -0.39 is 0 Å². The quantitative estimate of drug-likeness (QED) is 0.554. The second kappa shape index (κ2) is 9.38. The summed E-state index contributed by atoms with van der Waals surface area (Å²) in [5.74, 6) is 0.664. The normalized spacial score (nSPS) is 14.0. The van der Waals surface area contributed by atoms with E-state index in [0.29, 0.717) is 40.3 Å². The van der Waals surface area contributed by atoms with Gasteiger partial charge in [0.25, 0.3) is 0 Å². The molecule has 0 saturated carbocycles. The highest BCUT2D eigenvalue weighted by Gasteiger charge is 2.24. The first-order valence-electron chi connectivity index (χ1n) is 10.4. The van der Waals surface area contributed by atoms with Crippen LogP contribution >= 0.6 is 23.2 Å². The SMILES string of the molecule is COc1cc(N2CCN(C(=O)Cn3nc(-c4cc(C)ccn4)c(Cl)c3C)CC2)ccc1Cl. The van der Waals surface area contributed by atoms with Gasteiger partial charge in [0.1, 0.15) is 18.0 Å². The molecule has 168 valence electrons. The number of nitrogens with zero attached hydrogens (tertiary/aromatic N) is 5. The molecule has 9 heteroatoms. The number of hydrogen-bond acceptors (Lipinski definition) is 5. The maximum absolute atomic E-state index is 13.0. The topological polar surface area (TPSA) is 63.5 Å². The number of aryl methyl sites for hydroxylation is 1. The molecule has 1 aromatic carbocycles. The summed E-state index contributed by atoms with van der Waals surface area (Å²) in [6.45, 7) is 6.72. The average Bonchev–Trinajstić information content (AvgIpc) is 3.08. The van der Waals surface area contributed by atoms with Crippen LogP contribution in [0, 0.1) is 13.8 Å². The summed E-state index contributed by atoms with van der Waals surface area (Å²) in [6.07, 6.45) is 1.73. The molecule has 1 amide bonds. The molecule has 0 spiro atoms. The van der Waals surface area contributed by atoms with Crippen LogP contribution in [0.1, 0.15) is 11.3 Å². The van der Waals surface area contributed by atoms with Crippen molar-refractivity contribution in [2.24, 2.45) is 0 Å². The molecule has 0 radical (unpaired) electrons. The molecule has 4 rings (SSSR count). The molecule has 1 aliphatic rings. The molecular formula is C23H25Cl2N5O2. The van der Waals surface area contributed by atoms with Crippen LogP contribution in [-0.4, -0.2) is 58.9 Å². The van der Waals surface area contributed by atoms with Crippen molar-refractivity contribution in [1.82, 2.24) is 19.7 Å². The number of methoxy groups -OCH3 is 1. The van der Waals surface area contributed by atoms with Crippen LogP contribution in [0.15, 0.2) is 36.5 Å². The summed E-state index contributed by atoms with van der Waals surface area (Å²) in [5, 5.41) is 5.69. The maximum Gasteiger partial charge on any atom is 0.244 e. The van der Waals surface area contributed by atoms with Crippen LogP contribution in [0.4, 0.5) is 5.69 Å². The fraction of sp³-hybridized carbons (Fsp3) is 0.348. The summed E-state index contributed by atoms with van der Waals surface area (Å²) in [7, 11) is 1.60. The second-order valence-corrected chi connectivity index (χ2v) is 8.60. The number of piperazine rings is 1. The molecule has 3 aromatic rings. The number of hydrogen-bond donors (Lipinski definition) is 0. The third-order valence-electron chi connectivity index (χ3n) is 5.71. The smallest absolute Gasteiger partial charge is 0.244 e. The van der Waals surface area contributed by atoms with Gasteiger partial charge >= 0.3 is 0 Å². The fourth-order valence-corrected chi connectivity index (χ4v) is 4.22. The molecule has 0 atom stereocenters. The third-order valence-corrected chi connectivity index (χ3v) is 6.47. The van der Waals surface area contributed by atoms with Crippen molar-refractivity contribution in [3.05, 3.63) is 57.8 Å². The van der Waals surface area contributed by atoms with Crippen molar-refractivity contribution in [3.8, 4) is 17.1 Å². The number of anilines is 1. The highest BCUT2D eigenvalue weighted by molar-refractivity contribution is 6.33. The molecular weight excluding hydrogens is 449 g/mol. The number of rotatable bonds is 5. The van der Waals surface area contributed by atoms with Crippen molar-refractivity contribution in [1.29, 1.82) is 0 Å². The zero-order valence-corrected chi connectivity index (χ0v) is 19.8. The van der Waals surface area contributed by atoms with Gasteiger partial charge < -0.3 is 14.5 Å². The Kier molecular flexibility index (Phi) is 6.58. The highest BCUT2D eigenvalue weighted by Crippen LogP contribution is 2.30. The Balaban J connectivity index is 1.42. The van der Waals surface area contributed by atoms with E-state index in [-0.39, 0.29) is 12.5 Å². The van der Waals surface area contributed by atoms with Gasteiger partial charge in [0.15, 0.2) is 0 Å². The molecule has 0 aliphatic carbocycles. The number of benzene rings is 1. The van der Waals surface area contributed by atoms with E-state index >= 15 is 0 Å². The number of halogens is 2. The van der Waals surface area contributed by atoms with E-state index in [1.165, 1.54) is 0 Å². The van der Waals surface area contributed by atoms with Crippen molar-refractivity contribution >= 4 is 34.8 Å². The summed E-state index contributed by atoms with van der Waals surface area (Å²) in [5.41, 5.74) is 4.16. The van der Waals surface area contributed by atoms with Crippen LogP contribution < -0.4 is 9.64 Å². The lowest BCUT2D eigenvalue weighted by atomic mass is 10.2. The van der Waals surface area contributed by atoms with E-state index in [2.05, 4.69) is 15.0 Å². The first-order chi connectivity index (χ1) is 15.4. The number of ether oxygens (including phenoxy) is 1. The summed E-state index contributed by atoms with van der Waals surface area (Å²) >= 11 is 12.6. The minimum Gasteiger partial charge on any atom is -0.495 e. The zero-order chi connectivity index (χ0) is 22.8. The van der Waals surface area contributed by atoms with Crippen LogP contribution in [0.3, 0.4) is 0 Å². The third kappa shape index (κ3) is 4.54. The second-order valence-electron chi connectivity index (χ2n) is 7.81. The molecule has 7 nitrogen and oxygen atoms in total. The zero-order valence-electron chi connectivity index (χ0n) is 18.3. The van der Waals surface area contributed by atoms with Crippen LogP contribution in [0.5, 0.6) is 5.75 Å². The van der Waals surface area contributed by atoms with Gasteiger partial charge in [-0.05, 0) is 43.7 Å². The van der Waals surface area contributed by atoms with Crippen LogP contribution in [-0.2, 0) is 11.3 Å².